The molecule has 1 atom stereocenters. The van der Waals surface area contributed by atoms with Gasteiger partial charge in [-0.1, -0.05) is 51.1 Å². The first-order chi connectivity index (χ1) is 6.66. The third kappa shape index (κ3) is 2.44. The summed E-state index contributed by atoms with van der Waals surface area (Å²) >= 11 is 0. The predicted octanol–water partition coefficient (Wildman–Crippen LogP) is 3.41. The molecule has 14 heavy (non-hydrogen) atoms. The maximum atomic E-state index is 11.8. The third-order valence-corrected chi connectivity index (χ3v) is 2.52. The van der Waals surface area contributed by atoms with Crippen LogP contribution in [0, 0.1) is 5.92 Å². The molecule has 0 saturated heterocycles. The van der Waals surface area contributed by atoms with Crippen LogP contribution in [-0.2, 0) is 4.79 Å². The van der Waals surface area contributed by atoms with Gasteiger partial charge < -0.3 is 0 Å². The fourth-order valence-corrected chi connectivity index (χ4v) is 1.82. The third-order valence-electron chi connectivity index (χ3n) is 2.52. The SMILES string of the molecule is CCC(=O)C(c1ccccc1)C(C)C. The van der Waals surface area contributed by atoms with E-state index in [4.69, 9.17) is 0 Å². The van der Waals surface area contributed by atoms with E-state index < -0.39 is 0 Å². The molecule has 0 spiro atoms. The van der Waals surface area contributed by atoms with Crippen LogP contribution < -0.4 is 0 Å². The van der Waals surface area contributed by atoms with Crippen molar-refractivity contribution in [1.82, 2.24) is 0 Å². The molecule has 0 fully saturated rings. The molecule has 0 aromatic heterocycles. The van der Waals surface area contributed by atoms with Crippen LogP contribution in [0.25, 0.3) is 0 Å². The highest BCUT2D eigenvalue weighted by atomic mass is 16.1. The summed E-state index contributed by atoms with van der Waals surface area (Å²) in [4.78, 5) is 11.8. The molecule has 0 aliphatic rings. The normalized spacial score (nSPS) is 12.9. The first kappa shape index (κ1) is 11.0. The lowest BCUT2D eigenvalue weighted by atomic mass is 9.84. The number of hydrogen-bond acceptors (Lipinski definition) is 1. The van der Waals surface area contributed by atoms with Crippen molar-refractivity contribution in [2.24, 2.45) is 5.92 Å². The first-order valence-corrected chi connectivity index (χ1v) is 5.24. The molecule has 1 nitrogen and oxygen atoms in total. The Morgan fingerprint density at radius 3 is 2.21 bits per heavy atom. The predicted molar refractivity (Wildman–Crippen MR) is 59.3 cm³/mol. The van der Waals surface area contributed by atoms with Crippen LogP contribution in [0.2, 0.25) is 0 Å². The van der Waals surface area contributed by atoms with Crippen LogP contribution >= 0.6 is 0 Å². The van der Waals surface area contributed by atoms with E-state index in [0.717, 1.165) is 5.56 Å². The van der Waals surface area contributed by atoms with E-state index >= 15 is 0 Å². The van der Waals surface area contributed by atoms with Crippen molar-refractivity contribution in [3.63, 3.8) is 0 Å². The molecular formula is C13H18O. The monoisotopic (exact) mass is 190 g/mol. The van der Waals surface area contributed by atoms with Crippen molar-refractivity contribution < 1.29 is 4.79 Å². The highest BCUT2D eigenvalue weighted by Crippen LogP contribution is 2.26. The van der Waals surface area contributed by atoms with E-state index in [9.17, 15) is 4.79 Å². The molecule has 76 valence electrons. The zero-order valence-electron chi connectivity index (χ0n) is 9.16. The number of ketones is 1. The van der Waals surface area contributed by atoms with Gasteiger partial charge in [-0.25, -0.2) is 0 Å². The molecule has 0 bridgehead atoms. The Kier molecular flexibility index (Phi) is 3.87. The van der Waals surface area contributed by atoms with Crippen molar-refractivity contribution in [2.45, 2.75) is 33.1 Å². The molecule has 0 amide bonds. The second-order valence-electron chi connectivity index (χ2n) is 3.95. The number of hydrogen-bond donors (Lipinski definition) is 0. The van der Waals surface area contributed by atoms with E-state index in [2.05, 4.69) is 13.8 Å². The number of Topliss-reactive ketones (excluding diaryl/α,β-unsaturated/α-hetero) is 1. The smallest absolute Gasteiger partial charge is 0.140 e. The maximum Gasteiger partial charge on any atom is 0.140 e. The lowest BCUT2D eigenvalue weighted by Crippen LogP contribution is -2.17. The second kappa shape index (κ2) is 4.94. The molecule has 1 unspecified atom stereocenters. The first-order valence-electron chi connectivity index (χ1n) is 5.24. The lowest BCUT2D eigenvalue weighted by Gasteiger charge is -2.19. The fraction of sp³-hybridized carbons (Fsp3) is 0.462. The molecule has 1 rings (SSSR count). The lowest BCUT2D eigenvalue weighted by molar-refractivity contribution is -0.121. The summed E-state index contributed by atoms with van der Waals surface area (Å²) in [7, 11) is 0. The van der Waals surface area contributed by atoms with E-state index in [1.165, 1.54) is 0 Å². The van der Waals surface area contributed by atoms with Gasteiger partial charge in [0.25, 0.3) is 0 Å². The Hall–Kier alpha value is -1.11. The summed E-state index contributed by atoms with van der Waals surface area (Å²) in [6.45, 7) is 6.14. The standard InChI is InChI=1S/C13H18O/c1-4-12(14)13(10(2)3)11-8-6-5-7-9-11/h5-10,13H,4H2,1-3H3. The highest BCUT2D eigenvalue weighted by Gasteiger charge is 2.21. The van der Waals surface area contributed by atoms with Crippen LogP contribution in [0.3, 0.4) is 0 Å². The molecule has 1 heteroatoms. The van der Waals surface area contributed by atoms with E-state index in [1.807, 2.05) is 37.3 Å². The molecule has 0 aliphatic heterocycles. The number of benzene rings is 1. The van der Waals surface area contributed by atoms with Gasteiger partial charge >= 0.3 is 0 Å². The Morgan fingerprint density at radius 2 is 1.79 bits per heavy atom. The fourth-order valence-electron chi connectivity index (χ4n) is 1.82. The van der Waals surface area contributed by atoms with Crippen molar-refractivity contribution >= 4 is 5.78 Å². The summed E-state index contributed by atoms with van der Waals surface area (Å²) in [6, 6.07) is 10.1. The number of rotatable bonds is 4. The molecule has 0 saturated carbocycles. The average Bonchev–Trinajstić information content (AvgIpc) is 2.19. The molecule has 0 N–H and O–H groups in total. The number of carbonyl (C=O) groups excluding carboxylic acids is 1. The molecule has 0 aliphatic carbocycles. The molecule has 0 radical (unpaired) electrons. The minimum absolute atomic E-state index is 0.0706. The van der Waals surface area contributed by atoms with Crippen LogP contribution in [0.1, 0.15) is 38.7 Å². The van der Waals surface area contributed by atoms with Crippen LogP contribution in [0.4, 0.5) is 0 Å². The molecule has 0 heterocycles. The zero-order valence-corrected chi connectivity index (χ0v) is 9.16. The van der Waals surface area contributed by atoms with E-state index in [-0.39, 0.29) is 5.92 Å². The van der Waals surface area contributed by atoms with Gasteiger partial charge in [-0.3, -0.25) is 4.79 Å². The summed E-state index contributed by atoms with van der Waals surface area (Å²) in [5.74, 6) is 0.789. The molecule has 1 aromatic rings. The maximum absolute atomic E-state index is 11.8. The average molecular weight is 190 g/mol. The van der Waals surface area contributed by atoms with Gasteiger partial charge in [-0.2, -0.15) is 0 Å². The molecule has 1 aromatic carbocycles. The van der Waals surface area contributed by atoms with Crippen LogP contribution in [0.15, 0.2) is 30.3 Å². The largest absolute Gasteiger partial charge is 0.299 e. The van der Waals surface area contributed by atoms with Crippen molar-refractivity contribution in [2.75, 3.05) is 0 Å². The van der Waals surface area contributed by atoms with Crippen LogP contribution in [-0.4, -0.2) is 5.78 Å². The quantitative estimate of drug-likeness (QED) is 0.711. The minimum Gasteiger partial charge on any atom is -0.299 e. The number of carbonyl (C=O) groups is 1. The van der Waals surface area contributed by atoms with Gasteiger partial charge in [0.1, 0.15) is 5.78 Å². The minimum atomic E-state index is 0.0706. The van der Waals surface area contributed by atoms with Crippen molar-refractivity contribution in [3.05, 3.63) is 35.9 Å². The van der Waals surface area contributed by atoms with Gasteiger partial charge in [-0.15, -0.1) is 0 Å². The highest BCUT2D eigenvalue weighted by molar-refractivity contribution is 5.85. The Labute approximate surface area is 86.1 Å². The summed E-state index contributed by atoms with van der Waals surface area (Å²) in [6.07, 6.45) is 0.623. The zero-order chi connectivity index (χ0) is 10.6. The van der Waals surface area contributed by atoms with E-state index in [1.54, 1.807) is 0 Å². The Bertz CT molecular complexity index is 287. The van der Waals surface area contributed by atoms with E-state index in [0.29, 0.717) is 18.1 Å². The Balaban J connectivity index is 2.95. The summed E-state index contributed by atoms with van der Waals surface area (Å²) in [5, 5.41) is 0. The van der Waals surface area contributed by atoms with Gasteiger partial charge in [0.05, 0.1) is 0 Å². The van der Waals surface area contributed by atoms with Crippen LogP contribution in [0.5, 0.6) is 0 Å². The van der Waals surface area contributed by atoms with Crippen molar-refractivity contribution in [3.8, 4) is 0 Å². The Morgan fingerprint density at radius 1 is 1.21 bits per heavy atom. The topological polar surface area (TPSA) is 17.1 Å². The molecular weight excluding hydrogens is 172 g/mol. The summed E-state index contributed by atoms with van der Waals surface area (Å²) in [5.41, 5.74) is 1.15. The van der Waals surface area contributed by atoms with Crippen molar-refractivity contribution in [1.29, 1.82) is 0 Å². The van der Waals surface area contributed by atoms with Gasteiger partial charge in [-0.05, 0) is 11.5 Å². The van der Waals surface area contributed by atoms with Gasteiger partial charge in [0.15, 0.2) is 0 Å². The second-order valence-corrected chi connectivity index (χ2v) is 3.95. The van der Waals surface area contributed by atoms with Gasteiger partial charge in [0.2, 0.25) is 0 Å². The summed E-state index contributed by atoms with van der Waals surface area (Å²) < 4.78 is 0. The van der Waals surface area contributed by atoms with Gasteiger partial charge in [0, 0.05) is 12.3 Å².